The van der Waals surface area contributed by atoms with Crippen LogP contribution in [0.1, 0.15) is 11.1 Å². The average molecular weight is 269 g/mol. The smallest absolute Gasteiger partial charge is 0.212 e. The fourth-order valence-electron chi connectivity index (χ4n) is 2.18. The van der Waals surface area contributed by atoms with Crippen molar-refractivity contribution in [1.82, 2.24) is 20.2 Å². The van der Waals surface area contributed by atoms with Crippen molar-refractivity contribution < 1.29 is 0 Å². The number of nitrogens with zero attached hydrogens (tertiary/aromatic N) is 4. The third-order valence-electron chi connectivity index (χ3n) is 2.91. The zero-order valence-corrected chi connectivity index (χ0v) is 11.4. The molecule has 0 spiro atoms. The minimum absolute atomic E-state index is 0.325. The van der Waals surface area contributed by atoms with E-state index in [-0.39, 0.29) is 0 Å². The molecule has 0 bridgehead atoms. The summed E-state index contributed by atoms with van der Waals surface area (Å²) in [6, 6.07) is 6.26. The molecule has 2 heterocycles. The first-order chi connectivity index (χ1) is 9.19. The van der Waals surface area contributed by atoms with Crippen molar-refractivity contribution in [2.45, 2.75) is 19.0 Å². The van der Waals surface area contributed by atoms with Crippen molar-refractivity contribution in [3.8, 4) is 6.07 Å². The number of fused-ring (bicyclic) bond motifs is 3. The van der Waals surface area contributed by atoms with Crippen LogP contribution >= 0.6 is 11.8 Å². The molecule has 5 nitrogen and oxygen atoms in total. The van der Waals surface area contributed by atoms with Crippen LogP contribution in [0.3, 0.4) is 0 Å². The van der Waals surface area contributed by atoms with Crippen molar-refractivity contribution in [3.05, 3.63) is 23.3 Å². The lowest BCUT2D eigenvalue weighted by molar-refractivity contribution is 0.879. The molecule has 0 radical (unpaired) electrons. The van der Waals surface area contributed by atoms with E-state index in [4.69, 9.17) is 5.26 Å². The van der Waals surface area contributed by atoms with E-state index in [0.29, 0.717) is 10.9 Å². The highest BCUT2D eigenvalue weighted by Gasteiger charge is 2.11. The van der Waals surface area contributed by atoms with E-state index in [1.54, 1.807) is 0 Å². The summed E-state index contributed by atoms with van der Waals surface area (Å²) in [5.41, 5.74) is 4.91. The summed E-state index contributed by atoms with van der Waals surface area (Å²) in [7, 11) is 0. The lowest BCUT2D eigenvalue weighted by Crippen LogP contribution is -1.91. The maximum Gasteiger partial charge on any atom is 0.212 e. The lowest BCUT2D eigenvalue weighted by atomic mass is 10.1. The van der Waals surface area contributed by atoms with Crippen LogP contribution in [0.25, 0.3) is 22.1 Å². The van der Waals surface area contributed by atoms with Crippen LogP contribution in [-0.4, -0.2) is 25.9 Å². The maximum atomic E-state index is 8.57. The second-order valence-corrected chi connectivity index (χ2v) is 5.31. The minimum Gasteiger partial charge on any atom is -0.337 e. The van der Waals surface area contributed by atoms with Gasteiger partial charge in [-0.1, -0.05) is 23.4 Å². The highest BCUT2D eigenvalue weighted by atomic mass is 32.2. The Labute approximate surface area is 114 Å². The Morgan fingerprint density at radius 3 is 2.95 bits per heavy atom. The molecule has 0 aliphatic rings. The Hall–Kier alpha value is -2.13. The number of thioether (sulfide) groups is 1. The van der Waals surface area contributed by atoms with E-state index < -0.39 is 0 Å². The SMILES string of the molecule is Cc1cc(C)c2[nH]c3nc(SCC#N)nnc3c2c1. The van der Waals surface area contributed by atoms with Crippen LogP contribution in [0.2, 0.25) is 0 Å². The summed E-state index contributed by atoms with van der Waals surface area (Å²) in [6.07, 6.45) is 0. The maximum absolute atomic E-state index is 8.57. The van der Waals surface area contributed by atoms with Gasteiger partial charge in [-0.3, -0.25) is 0 Å². The predicted molar refractivity (Wildman–Crippen MR) is 75.0 cm³/mol. The van der Waals surface area contributed by atoms with Crippen molar-refractivity contribution in [3.63, 3.8) is 0 Å². The predicted octanol–water partition coefficient (Wildman–Crippen LogP) is 2.74. The van der Waals surface area contributed by atoms with E-state index in [0.717, 1.165) is 22.1 Å². The van der Waals surface area contributed by atoms with E-state index in [2.05, 4.69) is 52.2 Å². The van der Waals surface area contributed by atoms with Gasteiger partial charge in [-0.15, -0.1) is 10.2 Å². The van der Waals surface area contributed by atoms with Gasteiger partial charge in [-0.25, -0.2) is 4.98 Å². The molecule has 0 atom stereocenters. The number of rotatable bonds is 2. The Morgan fingerprint density at radius 2 is 2.16 bits per heavy atom. The summed E-state index contributed by atoms with van der Waals surface area (Å²) in [5, 5.41) is 18.4. The summed E-state index contributed by atoms with van der Waals surface area (Å²) >= 11 is 1.29. The van der Waals surface area contributed by atoms with Gasteiger partial charge >= 0.3 is 0 Å². The van der Waals surface area contributed by atoms with Crippen molar-refractivity contribution in [2.75, 3.05) is 5.75 Å². The number of aryl methyl sites for hydroxylation is 2. The molecule has 0 unspecified atom stereocenters. The molecule has 0 saturated heterocycles. The Balaban J connectivity index is 2.23. The van der Waals surface area contributed by atoms with Gasteiger partial charge in [0.25, 0.3) is 0 Å². The highest BCUT2D eigenvalue weighted by Crippen LogP contribution is 2.26. The molecule has 0 saturated carbocycles. The molecule has 2 aromatic heterocycles. The summed E-state index contributed by atoms with van der Waals surface area (Å²) in [6.45, 7) is 4.12. The summed E-state index contributed by atoms with van der Waals surface area (Å²) < 4.78 is 0. The quantitative estimate of drug-likeness (QED) is 0.724. The zero-order chi connectivity index (χ0) is 13.4. The molecule has 6 heteroatoms. The van der Waals surface area contributed by atoms with Crippen LogP contribution in [0.4, 0.5) is 0 Å². The lowest BCUT2D eigenvalue weighted by Gasteiger charge is -1.97. The van der Waals surface area contributed by atoms with Crippen molar-refractivity contribution in [1.29, 1.82) is 5.26 Å². The molecule has 0 aliphatic carbocycles. The molecular formula is C13H11N5S. The second kappa shape index (κ2) is 4.52. The number of hydrogen-bond donors (Lipinski definition) is 1. The van der Waals surface area contributed by atoms with Crippen LogP contribution in [-0.2, 0) is 0 Å². The van der Waals surface area contributed by atoms with Crippen LogP contribution in [0, 0.1) is 25.2 Å². The number of aromatic nitrogens is 4. The van der Waals surface area contributed by atoms with Gasteiger partial charge in [0.05, 0.1) is 17.3 Å². The average Bonchev–Trinajstić information content (AvgIpc) is 2.75. The van der Waals surface area contributed by atoms with E-state index in [1.807, 2.05) is 0 Å². The number of nitrogens with one attached hydrogen (secondary N) is 1. The molecular weight excluding hydrogens is 258 g/mol. The standard InChI is InChI=1S/C13H11N5S/c1-7-5-8(2)10-9(6-7)11-12(15-10)16-13(18-17-11)19-4-3-14/h5-6H,4H2,1-2H3,(H,15,16,18). The molecule has 0 aliphatic heterocycles. The van der Waals surface area contributed by atoms with Crippen LogP contribution in [0.5, 0.6) is 0 Å². The van der Waals surface area contributed by atoms with Crippen LogP contribution < -0.4 is 0 Å². The van der Waals surface area contributed by atoms with E-state index in [9.17, 15) is 0 Å². The van der Waals surface area contributed by atoms with E-state index in [1.165, 1.54) is 22.9 Å². The van der Waals surface area contributed by atoms with Gasteiger partial charge in [-0.2, -0.15) is 5.26 Å². The number of benzene rings is 1. The first kappa shape index (κ1) is 11.9. The van der Waals surface area contributed by atoms with Crippen molar-refractivity contribution in [2.24, 2.45) is 0 Å². The zero-order valence-electron chi connectivity index (χ0n) is 10.6. The number of H-pyrrole nitrogens is 1. The normalized spacial score (nSPS) is 11.0. The highest BCUT2D eigenvalue weighted by molar-refractivity contribution is 7.99. The van der Waals surface area contributed by atoms with Gasteiger partial charge in [0.1, 0.15) is 5.52 Å². The molecule has 3 rings (SSSR count). The Bertz CT molecular complexity index is 815. The topological polar surface area (TPSA) is 78.2 Å². The number of nitriles is 1. The first-order valence-corrected chi connectivity index (χ1v) is 6.80. The number of aromatic amines is 1. The second-order valence-electron chi connectivity index (χ2n) is 4.37. The van der Waals surface area contributed by atoms with Crippen LogP contribution in [0.15, 0.2) is 17.3 Å². The molecule has 1 N–H and O–H groups in total. The molecule has 0 fully saturated rings. The van der Waals surface area contributed by atoms with Gasteiger partial charge in [0.2, 0.25) is 5.16 Å². The summed E-state index contributed by atoms with van der Waals surface area (Å²) in [5.74, 6) is 0.325. The Kier molecular flexibility index (Phi) is 2.84. The monoisotopic (exact) mass is 269 g/mol. The molecule has 19 heavy (non-hydrogen) atoms. The van der Waals surface area contributed by atoms with Gasteiger partial charge in [0, 0.05) is 5.39 Å². The fourth-order valence-corrected chi connectivity index (χ4v) is 2.62. The van der Waals surface area contributed by atoms with Gasteiger partial charge in [0.15, 0.2) is 5.65 Å². The minimum atomic E-state index is 0.325. The Morgan fingerprint density at radius 1 is 1.32 bits per heavy atom. The third-order valence-corrected chi connectivity index (χ3v) is 3.62. The van der Waals surface area contributed by atoms with Crippen molar-refractivity contribution >= 4 is 33.8 Å². The van der Waals surface area contributed by atoms with E-state index >= 15 is 0 Å². The molecule has 1 aromatic carbocycles. The fraction of sp³-hybridized carbons (Fsp3) is 0.231. The van der Waals surface area contributed by atoms with Gasteiger partial charge in [-0.05, 0) is 25.5 Å². The largest absolute Gasteiger partial charge is 0.337 e. The van der Waals surface area contributed by atoms with Gasteiger partial charge < -0.3 is 4.98 Å². The molecule has 0 amide bonds. The first-order valence-electron chi connectivity index (χ1n) is 5.82. The molecule has 94 valence electrons. The third kappa shape index (κ3) is 2.02. The summed E-state index contributed by atoms with van der Waals surface area (Å²) in [4.78, 5) is 7.68. The molecule has 3 aromatic rings. The number of hydrogen-bond acceptors (Lipinski definition) is 5.